The summed E-state index contributed by atoms with van der Waals surface area (Å²) in [6, 6.07) is -0.405. The van der Waals surface area contributed by atoms with Crippen molar-refractivity contribution >= 4 is 6.03 Å². The molecule has 0 aromatic carbocycles. The SMILES string of the molecule is O=C(NCc1ccnc(OCC(F)(F)F)n1)NC1CC(C(F)(F)F)C1. The molecule has 1 aliphatic carbocycles. The number of hydrogen-bond donors (Lipinski definition) is 2. The number of amides is 2. The van der Waals surface area contributed by atoms with Gasteiger partial charge in [-0.1, -0.05) is 0 Å². The molecule has 0 saturated heterocycles. The van der Waals surface area contributed by atoms with Crippen molar-refractivity contribution in [2.45, 2.75) is 37.8 Å². The number of rotatable bonds is 5. The molecule has 1 aliphatic rings. The summed E-state index contributed by atoms with van der Waals surface area (Å²) in [6.07, 6.45) is -8.00. The lowest BCUT2D eigenvalue weighted by Gasteiger charge is -2.36. The predicted octanol–water partition coefficient (Wildman–Crippen LogP) is 2.56. The third kappa shape index (κ3) is 6.27. The molecular formula is C13H14F6N4O2. The molecule has 1 aromatic rings. The fourth-order valence-electron chi connectivity index (χ4n) is 2.10. The lowest BCUT2D eigenvalue weighted by molar-refractivity contribution is -0.198. The Morgan fingerprint density at radius 1 is 1.24 bits per heavy atom. The number of carbonyl (C=O) groups excluding carboxylic acids is 1. The fraction of sp³-hybridized carbons (Fsp3) is 0.615. The number of halogens is 6. The minimum Gasteiger partial charge on any atom is -0.454 e. The minimum atomic E-state index is -4.53. The molecule has 25 heavy (non-hydrogen) atoms. The van der Waals surface area contributed by atoms with Crippen LogP contribution in [0, 0.1) is 5.92 Å². The maximum atomic E-state index is 12.3. The molecule has 1 heterocycles. The smallest absolute Gasteiger partial charge is 0.422 e. The van der Waals surface area contributed by atoms with Crippen LogP contribution >= 0.6 is 0 Å². The zero-order valence-electron chi connectivity index (χ0n) is 12.6. The molecule has 1 saturated carbocycles. The summed E-state index contributed by atoms with van der Waals surface area (Å²) in [5.41, 5.74) is 0.184. The van der Waals surface area contributed by atoms with Gasteiger partial charge in [0.1, 0.15) is 0 Å². The molecule has 0 bridgehead atoms. The van der Waals surface area contributed by atoms with Crippen LogP contribution in [0.5, 0.6) is 6.01 Å². The second-order valence-corrected chi connectivity index (χ2v) is 5.47. The molecule has 0 aliphatic heterocycles. The van der Waals surface area contributed by atoms with E-state index >= 15 is 0 Å². The summed E-state index contributed by atoms with van der Waals surface area (Å²) in [4.78, 5) is 18.8. The lowest BCUT2D eigenvalue weighted by atomic mass is 9.80. The average Bonchev–Trinajstić information content (AvgIpc) is 2.45. The van der Waals surface area contributed by atoms with E-state index in [2.05, 4.69) is 25.3 Å². The molecule has 2 rings (SSSR count). The maximum absolute atomic E-state index is 12.3. The van der Waals surface area contributed by atoms with Gasteiger partial charge >= 0.3 is 24.4 Å². The molecule has 1 fully saturated rings. The summed E-state index contributed by atoms with van der Waals surface area (Å²) in [5.74, 6) is -1.41. The van der Waals surface area contributed by atoms with Crippen molar-refractivity contribution in [1.29, 1.82) is 0 Å². The Morgan fingerprint density at radius 3 is 2.52 bits per heavy atom. The third-order valence-corrected chi connectivity index (χ3v) is 3.42. The Hall–Kier alpha value is -2.27. The van der Waals surface area contributed by atoms with Gasteiger partial charge in [0.2, 0.25) is 0 Å². The molecule has 0 atom stereocenters. The van der Waals surface area contributed by atoms with Gasteiger partial charge < -0.3 is 15.4 Å². The second kappa shape index (κ2) is 7.31. The molecule has 2 N–H and O–H groups in total. The van der Waals surface area contributed by atoms with Crippen molar-refractivity contribution in [2.24, 2.45) is 5.92 Å². The Bertz CT molecular complexity index is 601. The van der Waals surface area contributed by atoms with E-state index in [0.717, 1.165) is 6.20 Å². The van der Waals surface area contributed by atoms with Crippen LogP contribution in [0.25, 0.3) is 0 Å². The molecule has 6 nitrogen and oxygen atoms in total. The highest BCUT2D eigenvalue weighted by atomic mass is 19.4. The van der Waals surface area contributed by atoms with Gasteiger partial charge in [0.25, 0.3) is 0 Å². The van der Waals surface area contributed by atoms with Gasteiger partial charge in [0.15, 0.2) is 6.61 Å². The van der Waals surface area contributed by atoms with Crippen molar-refractivity contribution in [3.63, 3.8) is 0 Å². The third-order valence-electron chi connectivity index (χ3n) is 3.42. The first-order valence-corrected chi connectivity index (χ1v) is 7.15. The molecule has 0 radical (unpaired) electrons. The zero-order chi connectivity index (χ0) is 18.7. The zero-order valence-corrected chi connectivity index (χ0v) is 12.6. The van der Waals surface area contributed by atoms with E-state index in [1.165, 1.54) is 6.07 Å². The predicted molar refractivity (Wildman–Crippen MR) is 71.5 cm³/mol. The number of nitrogens with zero attached hydrogens (tertiary/aromatic N) is 2. The lowest BCUT2D eigenvalue weighted by Crippen LogP contribution is -2.51. The highest BCUT2D eigenvalue weighted by Crippen LogP contribution is 2.40. The van der Waals surface area contributed by atoms with Crippen molar-refractivity contribution in [3.05, 3.63) is 18.0 Å². The Labute approximate surface area is 138 Å². The largest absolute Gasteiger partial charge is 0.454 e. The number of ether oxygens (including phenoxy) is 1. The summed E-state index contributed by atoms with van der Waals surface area (Å²) in [7, 11) is 0. The van der Waals surface area contributed by atoms with Gasteiger partial charge in [0, 0.05) is 12.2 Å². The van der Waals surface area contributed by atoms with Gasteiger partial charge in [-0.25, -0.2) is 9.78 Å². The maximum Gasteiger partial charge on any atom is 0.422 e. The molecular weight excluding hydrogens is 358 g/mol. The van der Waals surface area contributed by atoms with Crippen LogP contribution in [0.4, 0.5) is 31.1 Å². The van der Waals surface area contributed by atoms with Crippen molar-refractivity contribution in [1.82, 2.24) is 20.6 Å². The number of nitrogens with one attached hydrogen (secondary N) is 2. The van der Waals surface area contributed by atoms with Crippen molar-refractivity contribution < 1.29 is 35.9 Å². The normalized spacial score (nSPS) is 20.6. The first-order valence-electron chi connectivity index (χ1n) is 7.15. The van der Waals surface area contributed by atoms with Gasteiger partial charge in [-0.05, 0) is 18.9 Å². The molecule has 0 spiro atoms. The van der Waals surface area contributed by atoms with Crippen LogP contribution in [0.1, 0.15) is 18.5 Å². The summed E-state index contributed by atoms with van der Waals surface area (Å²) in [6.45, 7) is -1.70. The van der Waals surface area contributed by atoms with E-state index < -0.39 is 43.0 Å². The van der Waals surface area contributed by atoms with Crippen LogP contribution in [0.15, 0.2) is 12.3 Å². The van der Waals surface area contributed by atoms with E-state index in [1.54, 1.807) is 0 Å². The number of carbonyl (C=O) groups is 1. The molecule has 140 valence electrons. The average molecular weight is 372 g/mol. The van der Waals surface area contributed by atoms with Crippen LogP contribution in [-0.2, 0) is 6.54 Å². The molecule has 2 amide bonds. The number of aromatic nitrogens is 2. The first kappa shape index (κ1) is 19.1. The minimum absolute atomic E-state index is 0.147. The van der Waals surface area contributed by atoms with E-state index in [9.17, 15) is 31.1 Å². The van der Waals surface area contributed by atoms with Crippen molar-refractivity contribution in [3.8, 4) is 6.01 Å². The van der Waals surface area contributed by atoms with Gasteiger partial charge in [-0.3, -0.25) is 0 Å². The van der Waals surface area contributed by atoms with Gasteiger partial charge in [-0.15, -0.1) is 0 Å². The fourth-order valence-corrected chi connectivity index (χ4v) is 2.10. The summed E-state index contributed by atoms with van der Waals surface area (Å²) < 4.78 is 77.5. The number of hydrogen-bond acceptors (Lipinski definition) is 4. The topological polar surface area (TPSA) is 76.1 Å². The van der Waals surface area contributed by atoms with Gasteiger partial charge in [0.05, 0.1) is 18.2 Å². The van der Waals surface area contributed by atoms with E-state index in [4.69, 9.17) is 0 Å². The van der Waals surface area contributed by atoms with Gasteiger partial charge in [-0.2, -0.15) is 31.3 Å². The van der Waals surface area contributed by atoms with E-state index in [1.807, 2.05) is 0 Å². The first-order chi connectivity index (χ1) is 11.5. The summed E-state index contributed by atoms with van der Waals surface area (Å²) >= 11 is 0. The Kier molecular flexibility index (Phi) is 5.58. The molecule has 12 heteroatoms. The van der Waals surface area contributed by atoms with Crippen LogP contribution < -0.4 is 15.4 Å². The standard InChI is InChI=1S/C13H14F6N4O2/c14-12(15,16)6-25-11-20-2-1-8(23-11)5-21-10(24)22-9-3-7(4-9)13(17,18)19/h1-2,7,9H,3-6H2,(H2,21,22,24). The number of urea groups is 1. The van der Waals surface area contributed by atoms with E-state index in [-0.39, 0.29) is 25.1 Å². The summed E-state index contributed by atoms with van der Waals surface area (Å²) in [5, 5.41) is 4.73. The van der Waals surface area contributed by atoms with Crippen LogP contribution in [-0.4, -0.2) is 41.0 Å². The monoisotopic (exact) mass is 372 g/mol. The Balaban J connectivity index is 1.73. The van der Waals surface area contributed by atoms with Crippen LogP contribution in [0.3, 0.4) is 0 Å². The van der Waals surface area contributed by atoms with Crippen molar-refractivity contribution in [2.75, 3.05) is 6.61 Å². The number of alkyl halides is 6. The highest BCUT2D eigenvalue weighted by molar-refractivity contribution is 5.74. The second-order valence-electron chi connectivity index (χ2n) is 5.47. The highest BCUT2D eigenvalue weighted by Gasteiger charge is 2.48. The van der Waals surface area contributed by atoms with Crippen LogP contribution in [0.2, 0.25) is 0 Å². The quantitative estimate of drug-likeness (QED) is 0.779. The van der Waals surface area contributed by atoms with E-state index in [0.29, 0.717) is 0 Å². The molecule has 1 aromatic heterocycles. The molecule has 0 unspecified atom stereocenters. The Morgan fingerprint density at radius 2 is 1.92 bits per heavy atom.